The van der Waals surface area contributed by atoms with Crippen molar-refractivity contribution in [1.82, 2.24) is 5.43 Å². The molecule has 2 rings (SSSR count). The fourth-order valence-corrected chi connectivity index (χ4v) is 2.91. The third-order valence-electron chi connectivity index (χ3n) is 4.00. The van der Waals surface area contributed by atoms with Crippen LogP contribution in [0.25, 0.3) is 0 Å². The van der Waals surface area contributed by atoms with Crippen molar-refractivity contribution < 1.29 is 9.53 Å². The van der Waals surface area contributed by atoms with Crippen molar-refractivity contribution in [1.29, 1.82) is 0 Å². The summed E-state index contributed by atoms with van der Waals surface area (Å²) in [4.78, 5) is 11.8. The van der Waals surface area contributed by atoms with Crippen molar-refractivity contribution in [2.45, 2.75) is 39.5 Å². The molecule has 0 saturated carbocycles. The first-order valence-electron chi connectivity index (χ1n) is 8.94. The van der Waals surface area contributed by atoms with Crippen molar-refractivity contribution in [3.63, 3.8) is 0 Å². The molecule has 0 bridgehead atoms. The van der Waals surface area contributed by atoms with Gasteiger partial charge >= 0.3 is 0 Å². The second-order valence-corrected chi connectivity index (χ2v) is 6.81. The lowest BCUT2D eigenvalue weighted by molar-refractivity contribution is -0.121. The van der Waals surface area contributed by atoms with E-state index in [-0.39, 0.29) is 5.91 Å². The Hall–Kier alpha value is -2.14. The van der Waals surface area contributed by atoms with Gasteiger partial charge < -0.3 is 4.74 Å². The van der Waals surface area contributed by atoms with E-state index in [9.17, 15) is 4.79 Å². The lowest BCUT2D eigenvalue weighted by atomic mass is 10.1. The first-order chi connectivity index (χ1) is 12.6. The zero-order chi connectivity index (χ0) is 18.8. The van der Waals surface area contributed by atoms with Crippen LogP contribution in [0.1, 0.15) is 43.4 Å². The normalized spacial score (nSPS) is 10.9. The van der Waals surface area contributed by atoms with Crippen molar-refractivity contribution >= 4 is 28.1 Å². The Balaban J connectivity index is 1.67. The van der Waals surface area contributed by atoms with Gasteiger partial charge in [0.1, 0.15) is 5.75 Å². The van der Waals surface area contributed by atoms with E-state index in [1.54, 1.807) is 6.21 Å². The second-order valence-electron chi connectivity index (χ2n) is 5.96. The lowest BCUT2D eigenvalue weighted by Crippen LogP contribution is -2.18. The summed E-state index contributed by atoms with van der Waals surface area (Å²) in [7, 11) is 0. The molecular formula is C21H25BrN2O2. The molecule has 26 heavy (non-hydrogen) atoms. The molecule has 0 aliphatic rings. The van der Waals surface area contributed by atoms with Gasteiger partial charge in [-0.05, 0) is 64.0 Å². The van der Waals surface area contributed by atoms with Gasteiger partial charge in [-0.25, -0.2) is 5.43 Å². The average Bonchev–Trinajstić information content (AvgIpc) is 2.66. The van der Waals surface area contributed by atoms with E-state index in [1.165, 1.54) is 11.1 Å². The molecule has 0 aliphatic carbocycles. The molecule has 1 N–H and O–H groups in total. The van der Waals surface area contributed by atoms with Gasteiger partial charge in [-0.1, -0.05) is 44.2 Å². The van der Waals surface area contributed by atoms with Crippen LogP contribution in [0.5, 0.6) is 5.75 Å². The van der Waals surface area contributed by atoms with E-state index < -0.39 is 0 Å². The molecule has 2 aromatic rings. The number of aryl methyl sites for hydroxylation is 2. The maximum absolute atomic E-state index is 11.8. The minimum atomic E-state index is -0.115. The number of ether oxygens (including phenoxy) is 1. The van der Waals surface area contributed by atoms with Crippen molar-refractivity contribution in [2.24, 2.45) is 5.10 Å². The molecule has 5 heteroatoms. The summed E-state index contributed by atoms with van der Waals surface area (Å²) in [6, 6.07) is 14.2. The molecule has 0 aromatic heterocycles. The molecule has 4 nitrogen and oxygen atoms in total. The largest absolute Gasteiger partial charge is 0.492 e. The fourth-order valence-electron chi connectivity index (χ4n) is 2.37. The van der Waals surface area contributed by atoms with Gasteiger partial charge in [0, 0.05) is 6.42 Å². The fraction of sp³-hybridized carbons (Fsp3) is 0.333. The molecule has 0 aliphatic heterocycles. The highest BCUT2D eigenvalue weighted by molar-refractivity contribution is 9.10. The second kappa shape index (κ2) is 10.8. The summed E-state index contributed by atoms with van der Waals surface area (Å²) in [5, 5.41) is 3.99. The van der Waals surface area contributed by atoms with Crippen LogP contribution >= 0.6 is 15.9 Å². The van der Waals surface area contributed by atoms with Crippen LogP contribution in [0.3, 0.4) is 0 Å². The number of benzene rings is 2. The van der Waals surface area contributed by atoms with Crippen LogP contribution in [0.2, 0.25) is 0 Å². The summed E-state index contributed by atoms with van der Waals surface area (Å²) in [6.45, 7) is 4.72. The monoisotopic (exact) mass is 416 g/mol. The van der Waals surface area contributed by atoms with E-state index in [0.29, 0.717) is 19.4 Å². The van der Waals surface area contributed by atoms with Gasteiger partial charge in [0.15, 0.2) is 0 Å². The summed E-state index contributed by atoms with van der Waals surface area (Å²) in [5.41, 5.74) is 6.05. The topological polar surface area (TPSA) is 50.7 Å². The Morgan fingerprint density at radius 3 is 2.46 bits per heavy atom. The molecule has 0 spiro atoms. The molecule has 0 radical (unpaired) electrons. The predicted octanol–water partition coefficient (Wildman–Crippen LogP) is 4.88. The Kier molecular flexibility index (Phi) is 8.35. The van der Waals surface area contributed by atoms with Crippen LogP contribution in [0.15, 0.2) is 52.0 Å². The number of carbonyl (C=O) groups is 1. The van der Waals surface area contributed by atoms with Gasteiger partial charge in [0.2, 0.25) is 5.91 Å². The zero-order valence-electron chi connectivity index (χ0n) is 15.3. The Morgan fingerprint density at radius 1 is 1.12 bits per heavy atom. The third-order valence-corrected chi connectivity index (χ3v) is 4.62. The maximum Gasteiger partial charge on any atom is 0.240 e. The van der Waals surface area contributed by atoms with Crippen LogP contribution in [-0.2, 0) is 17.6 Å². The molecule has 0 heterocycles. The van der Waals surface area contributed by atoms with E-state index in [1.807, 2.05) is 18.2 Å². The molecule has 0 fully saturated rings. The Bertz CT molecular complexity index is 742. The molecule has 1 amide bonds. The van der Waals surface area contributed by atoms with Crippen molar-refractivity contribution in [3.8, 4) is 5.75 Å². The number of amides is 1. The highest BCUT2D eigenvalue weighted by Gasteiger charge is 2.04. The zero-order valence-corrected chi connectivity index (χ0v) is 16.9. The summed E-state index contributed by atoms with van der Waals surface area (Å²) >= 11 is 3.51. The Morgan fingerprint density at radius 2 is 1.81 bits per heavy atom. The van der Waals surface area contributed by atoms with Crippen LogP contribution in [-0.4, -0.2) is 18.7 Å². The number of nitrogens with one attached hydrogen (secondary N) is 1. The number of rotatable bonds is 9. The van der Waals surface area contributed by atoms with Gasteiger partial charge in [-0.2, -0.15) is 5.10 Å². The number of nitrogens with zero attached hydrogens (tertiary/aromatic N) is 1. The molecule has 2 aromatic carbocycles. The van der Waals surface area contributed by atoms with Crippen molar-refractivity contribution in [3.05, 3.63) is 63.6 Å². The minimum absolute atomic E-state index is 0.115. The number of carbonyl (C=O) groups excluding carboxylic acids is 1. The molecular weight excluding hydrogens is 392 g/mol. The van der Waals surface area contributed by atoms with E-state index in [0.717, 1.165) is 28.6 Å². The van der Waals surface area contributed by atoms with Gasteiger partial charge in [-0.15, -0.1) is 0 Å². The molecule has 0 unspecified atom stereocenters. The molecule has 138 valence electrons. The standard InChI is InChI=1S/C21H25BrN2O2/c1-3-16-7-9-18(10-8-16)15-23-24-21(25)6-5-13-26-20-12-11-17(4-2)14-19(20)22/h7-12,14-15H,3-6,13H2,1-2H3,(H,24,25)/b23-15+. The first kappa shape index (κ1) is 20.2. The van der Waals surface area contributed by atoms with E-state index in [2.05, 4.69) is 64.6 Å². The van der Waals surface area contributed by atoms with E-state index in [4.69, 9.17) is 4.74 Å². The summed E-state index contributed by atoms with van der Waals surface area (Å²) in [5.74, 6) is 0.687. The average molecular weight is 417 g/mol. The van der Waals surface area contributed by atoms with Gasteiger partial charge in [0.05, 0.1) is 17.3 Å². The summed E-state index contributed by atoms with van der Waals surface area (Å²) < 4.78 is 6.66. The minimum Gasteiger partial charge on any atom is -0.492 e. The third kappa shape index (κ3) is 6.64. The quantitative estimate of drug-likeness (QED) is 0.359. The Labute approximate surface area is 163 Å². The van der Waals surface area contributed by atoms with Gasteiger partial charge in [0.25, 0.3) is 0 Å². The van der Waals surface area contributed by atoms with Crippen molar-refractivity contribution in [2.75, 3.05) is 6.61 Å². The van der Waals surface area contributed by atoms with Crippen LogP contribution < -0.4 is 10.2 Å². The lowest BCUT2D eigenvalue weighted by Gasteiger charge is -2.09. The highest BCUT2D eigenvalue weighted by atomic mass is 79.9. The highest BCUT2D eigenvalue weighted by Crippen LogP contribution is 2.26. The van der Waals surface area contributed by atoms with Gasteiger partial charge in [-0.3, -0.25) is 4.79 Å². The number of halogens is 1. The number of hydrogen-bond donors (Lipinski definition) is 1. The SMILES string of the molecule is CCc1ccc(/C=N/NC(=O)CCCOc2ccc(CC)cc2Br)cc1. The molecule has 0 atom stereocenters. The predicted molar refractivity (Wildman–Crippen MR) is 110 cm³/mol. The number of hydrazone groups is 1. The summed E-state index contributed by atoms with van der Waals surface area (Å²) in [6.07, 6.45) is 4.66. The number of hydrogen-bond acceptors (Lipinski definition) is 3. The van der Waals surface area contributed by atoms with Crippen LogP contribution in [0.4, 0.5) is 0 Å². The van der Waals surface area contributed by atoms with E-state index >= 15 is 0 Å². The smallest absolute Gasteiger partial charge is 0.240 e. The maximum atomic E-state index is 11.8. The molecule has 0 saturated heterocycles. The first-order valence-corrected chi connectivity index (χ1v) is 9.73. The van der Waals surface area contributed by atoms with Crippen LogP contribution in [0, 0.1) is 0 Å².